The van der Waals surface area contributed by atoms with Gasteiger partial charge in [-0.15, -0.1) is 0 Å². The van der Waals surface area contributed by atoms with Gasteiger partial charge in [0.25, 0.3) is 0 Å². The van der Waals surface area contributed by atoms with E-state index in [1.165, 1.54) is 54.7 Å². The van der Waals surface area contributed by atoms with Crippen LogP contribution in [0.3, 0.4) is 0 Å². The molecule has 61 heavy (non-hydrogen) atoms. The summed E-state index contributed by atoms with van der Waals surface area (Å²) >= 11 is 0. The molecule has 0 saturated carbocycles. The van der Waals surface area contributed by atoms with E-state index in [1.54, 1.807) is 0 Å². The number of ether oxygens (including phenoxy) is 4. The average molecular weight is 849 g/mol. The van der Waals surface area contributed by atoms with E-state index in [9.17, 15) is 0 Å². The summed E-state index contributed by atoms with van der Waals surface area (Å²) in [6, 6.07) is 25.8. The number of likely N-dealkylation sites (tertiary alicyclic amines) is 1. The molecule has 348 valence electrons. The Kier molecular flexibility index (Phi) is 32.4. The minimum Gasteiger partial charge on any atom is -0.492 e. The van der Waals surface area contributed by atoms with Gasteiger partial charge < -0.3 is 23.8 Å². The number of hydrogen-bond acceptors (Lipinski definition) is 8. The molecule has 0 N–H and O–H groups in total. The first-order chi connectivity index (χ1) is 29.7. The van der Waals surface area contributed by atoms with Crippen LogP contribution in [0, 0.1) is 0 Å². The SMILES string of the molecule is CC.CC.CC.CC(C)c1ccc(OCCN2CCCCC2)cc1.CC(C)c1cccc(N(C)CCN2CCOCC2)c1.CC(C)c1cccc(OCCN2CCOCC2)c1. The van der Waals surface area contributed by atoms with Gasteiger partial charge in [-0.1, -0.05) is 126 Å². The van der Waals surface area contributed by atoms with Gasteiger partial charge in [0.1, 0.15) is 24.7 Å². The van der Waals surface area contributed by atoms with Gasteiger partial charge in [0.05, 0.1) is 26.4 Å². The zero-order valence-corrected chi connectivity index (χ0v) is 41.5. The first-order valence-corrected chi connectivity index (χ1v) is 24.3. The third kappa shape index (κ3) is 24.3. The molecule has 3 aromatic rings. The highest BCUT2D eigenvalue weighted by atomic mass is 16.5. The molecule has 0 radical (unpaired) electrons. The summed E-state index contributed by atoms with van der Waals surface area (Å²) in [5, 5.41) is 0. The second-order valence-corrected chi connectivity index (χ2v) is 16.1. The van der Waals surface area contributed by atoms with E-state index >= 15 is 0 Å². The summed E-state index contributed by atoms with van der Waals surface area (Å²) in [5.74, 6) is 3.71. The molecule has 8 nitrogen and oxygen atoms in total. The topological polar surface area (TPSA) is 49.9 Å². The number of rotatable bonds is 15. The molecule has 0 aromatic heterocycles. The number of nitrogens with zero attached hydrogens (tertiary/aromatic N) is 4. The van der Waals surface area contributed by atoms with Gasteiger partial charge in [0.15, 0.2) is 0 Å². The maximum Gasteiger partial charge on any atom is 0.119 e. The van der Waals surface area contributed by atoms with Crippen molar-refractivity contribution in [3.05, 3.63) is 89.5 Å². The lowest BCUT2D eigenvalue weighted by Gasteiger charge is -2.29. The minimum absolute atomic E-state index is 0.549. The largest absolute Gasteiger partial charge is 0.492 e. The lowest BCUT2D eigenvalue weighted by Crippen LogP contribution is -2.40. The number of morpholine rings is 2. The highest BCUT2D eigenvalue weighted by molar-refractivity contribution is 5.48. The molecule has 0 spiro atoms. The Balaban J connectivity index is 0.000000430. The number of piperidine rings is 1. The Hall–Kier alpha value is -3.14. The predicted octanol–water partition coefficient (Wildman–Crippen LogP) is 11.9. The van der Waals surface area contributed by atoms with Crippen LogP contribution in [0.5, 0.6) is 11.5 Å². The molecular formula is C53H92N4O4. The maximum absolute atomic E-state index is 5.82. The summed E-state index contributed by atoms with van der Waals surface area (Å²) < 4.78 is 22.3. The highest BCUT2D eigenvalue weighted by Crippen LogP contribution is 2.22. The number of likely N-dealkylation sites (N-methyl/N-ethyl adjacent to an activating group) is 1. The third-order valence-electron chi connectivity index (χ3n) is 10.8. The molecule has 3 aromatic carbocycles. The van der Waals surface area contributed by atoms with E-state index in [1.807, 2.05) is 47.6 Å². The van der Waals surface area contributed by atoms with Crippen molar-refractivity contribution in [3.8, 4) is 11.5 Å². The van der Waals surface area contributed by atoms with Gasteiger partial charge in [-0.3, -0.25) is 14.7 Å². The lowest BCUT2D eigenvalue weighted by molar-refractivity contribution is 0.0322. The monoisotopic (exact) mass is 849 g/mol. The summed E-state index contributed by atoms with van der Waals surface area (Å²) in [5.41, 5.74) is 5.44. The van der Waals surface area contributed by atoms with Crippen molar-refractivity contribution in [1.29, 1.82) is 0 Å². The fourth-order valence-corrected chi connectivity index (χ4v) is 6.87. The number of hydrogen-bond donors (Lipinski definition) is 0. The maximum atomic E-state index is 5.82. The smallest absolute Gasteiger partial charge is 0.119 e. The predicted molar refractivity (Wildman–Crippen MR) is 265 cm³/mol. The van der Waals surface area contributed by atoms with Crippen LogP contribution in [-0.2, 0) is 9.47 Å². The minimum atomic E-state index is 0.549. The van der Waals surface area contributed by atoms with Crippen molar-refractivity contribution in [3.63, 3.8) is 0 Å². The van der Waals surface area contributed by atoms with Crippen LogP contribution in [0.1, 0.15) is 137 Å². The van der Waals surface area contributed by atoms with E-state index in [-0.39, 0.29) is 0 Å². The van der Waals surface area contributed by atoms with Crippen LogP contribution in [0.15, 0.2) is 72.8 Å². The van der Waals surface area contributed by atoms with Crippen LogP contribution < -0.4 is 14.4 Å². The molecule has 3 aliphatic heterocycles. The standard InChI is InChI=1S/C16H26N2O.C16H25NO.C15H23NO2.3C2H6/c1-14(2)15-5-4-6-16(13-15)17(3)7-8-18-9-11-19-12-10-18;1-14(2)15-6-8-16(9-7-15)18-13-12-17-10-4-3-5-11-17;1-13(2)14-4-3-5-15(12-14)18-11-8-16-6-9-17-10-7-16;3*1-2/h4-6,13-14H,7-12H2,1-3H3;6-9,14H,3-5,10-13H2,1-2H3;3-5,12-13H,6-11H2,1-2H3;3*1-2H3. The van der Waals surface area contributed by atoms with E-state index in [0.717, 1.165) is 103 Å². The van der Waals surface area contributed by atoms with Crippen molar-refractivity contribution in [2.75, 3.05) is 117 Å². The van der Waals surface area contributed by atoms with Gasteiger partial charge in [-0.25, -0.2) is 0 Å². The van der Waals surface area contributed by atoms with Crippen molar-refractivity contribution in [2.45, 2.75) is 120 Å². The molecule has 3 fully saturated rings. The van der Waals surface area contributed by atoms with E-state index in [2.05, 4.69) is 135 Å². The van der Waals surface area contributed by atoms with Gasteiger partial charge >= 0.3 is 0 Å². The Morgan fingerprint density at radius 3 is 1.44 bits per heavy atom. The van der Waals surface area contributed by atoms with Gasteiger partial charge in [0, 0.05) is 65.1 Å². The molecule has 3 aliphatic rings. The molecule has 0 aliphatic carbocycles. The van der Waals surface area contributed by atoms with Gasteiger partial charge in [-0.2, -0.15) is 0 Å². The van der Waals surface area contributed by atoms with Crippen LogP contribution in [0.4, 0.5) is 5.69 Å². The van der Waals surface area contributed by atoms with Crippen LogP contribution in [0.2, 0.25) is 0 Å². The van der Waals surface area contributed by atoms with Crippen molar-refractivity contribution >= 4 is 5.69 Å². The third-order valence-corrected chi connectivity index (χ3v) is 10.8. The molecule has 0 atom stereocenters. The fraction of sp³-hybridized carbons (Fsp3) is 0.660. The Bertz CT molecular complexity index is 1430. The first-order valence-electron chi connectivity index (χ1n) is 24.3. The second-order valence-electron chi connectivity index (χ2n) is 16.1. The Labute approximate surface area is 376 Å². The highest BCUT2D eigenvalue weighted by Gasteiger charge is 2.13. The summed E-state index contributed by atoms with van der Waals surface area (Å²) in [7, 11) is 2.18. The summed E-state index contributed by atoms with van der Waals surface area (Å²) in [4.78, 5) is 9.72. The van der Waals surface area contributed by atoms with Gasteiger partial charge in [-0.05, 0) is 96.8 Å². The number of anilines is 1. The zero-order valence-electron chi connectivity index (χ0n) is 41.5. The molecule has 0 amide bonds. The fourth-order valence-electron chi connectivity index (χ4n) is 6.87. The molecular weight excluding hydrogens is 757 g/mol. The Morgan fingerprint density at radius 2 is 0.934 bits per heavy atom. The van der Waals surface area contributed by atoms with Crippen LogP contribution in [0.25, 0.3) is 0 Å². The van der Waals surface area contributed by atoms with E-state index in [4.69, 9.17) is 18.9 Å². The quantitative estimate of drug-likeness (QED) is 0.150. The molecule has 3 saturated heterocycles. The van der Waals surface area contributed by atoms with E-state index < -0.39 is 0 Å². The number of benzene rings is 3. The summed E-state index contributed by atoms with van der Waals surface area (Å²) in [6.45, 7) is 41.2. The molecule has 0 unspecified atom stereocenters. The molecule has 8 heteroatoms. The molecule has 3 heterocycles. The summed E-state index contributed by atoms with van der Waals surface area (Å²) in [6.07, 6.45) is 4.10. The second kappa shape index (κ2) is 35.3. The van der Waals surface area contributed by atoms with Crippen LogP contribution in [-0.4, -0.2) is 127 Å². The normalized spacial score (nSPS) is 15.6. The molecule has 6 rings (SSSR count). The zero-order chi connectivity index (χ0) is 45.3. The lowest BCUT2D eigenvalue weighted by atomic mass is 10.0. The average Bonchev–Trinajstić information content (AvgIpc) is 3.32. The van der Waals surface area contributed by atoms with E-state index in [0.29, 0.717) is 17.8 Å². The van der Waals surface area contributed by atoms with Crippen LogP contribution >= 0.6 is 0 Å². The van der Waals surface area contributed by atoms with Crippen molar-refractivity contribution < 1.29 is 18.9 Å². The molecule has 0 bridgehead atoms. The Morgan fingerprint density at radius 1 is 0.492 bits per heavy atom. The van der Waals surface area contributed by atoms with Crippen molar-refractivity contribution in [2.24, 2.45) is 0 Å². The van der Waals surface area contributed by atoms with Gasteiger partial charge in [0.2, 0.25) is 0 Å². The first kappa shape index (κ1) is 55.9. The van der Waals surface area contributed by atoms with Crippen molar-refractivity contribution in [1.82, 2.24) is 14.7 Å².